The molecule has 0 atom stereocenters. The number of amides is 1. The summed E-state index contributed by atoms with van der Waals surface area (Å²) in [7, 11) is 0. The molecule has 2 aromatic carbocycles. The number of pyridine rings is 1. The third kappa shape index (κ3) is 3.36. The van der Waals surface area contributed by atoms with E-state index in [1.54, 1.807) is 0 Å². The Morgan fingerprint density at radius 3 is 2.63 bits per heavy atom. The minimum absolute atomic E-state index is 0.0300. The van der Waals surface area contributed by atoms with Crippen LogP contribution in [0.25, 0.3) is 27.8 Å². The van der Waals surface area contributed by atoms with E-state index in [2.05, 4.69) is 41.6 Å². The van der Waals surface area contributed by atoms with Gasteiger partial charge < -0.3 is 5.32 Å². The predicted molar refractivity (Wildman–Crippen MR) is 119 cm³/mol. The maximum atomic E-state index is 12.9. The molecule has 0 radical (unpaired) electrons. The number of carbonyl (C=O) groups is 1. The fourth-order valence-corrected chi connectivity index (χ4v) is 3.79. The second-order valence-corrected chi connectivity index (χ2v) is 7.90. The van der Waals surface area contributed by atoms with Gasteiger partial charge in [-0.05, 0) is 56.0 Å². The van der Waals surface area contributed by atoms with Crippen molar-refractivity contribution in [2.75, 3.05) is 0 Å². The minimum atomic E-state index is -0.0300. The summed E-state index contributed by atoms with van der Waals surface area (Å²) in [6.45, 7) is 4.19. The minimum Gasteiger partial charge on any atom is -0.349 e. The second-order valence-electron chi connectivity index (χ2n) is 7.90. The van der Waals surface area contributed by atoms with Gasteiger partial charge in [0, 0.05) is 17.0 Å². The van der Waals surface area contributed by atoms with Gasteiger partial charge in [-0.25, -0.2) is 9.67 Å². The molecule has 2 aromatic heterocycles. The average Bonchev–Trinajstić information content (AvgIpc) is 3.51. The molecular weight excluding hydrogens is 372 g/mol. The Labute approximate surface area is 175 Å². The molecule has 4 aromatic rings. The molecule has 5 nitrogen and oxygen atoms in total. The van der Waals surface area contributed by atoms with Crippen LogP contribution in [-0.4, -0.2) is 26.7 Å². The van der Waals surface area contributed by atoms with Crippen LogP contribution in [0.15, 0.2) is 60.8 Å². The highest BCUT2D eigenvalue weighted by atomic mass is 16.1. The van der Waals surface area contributed by atoms with Gasteiger partial charge in [0.15, 0.2) is 0 Å². The van der Waals surface area contributed by atoms with E-state index in [1.165, 1.54) is 5.56 Å². The number of nitrogens with one attached hydrogen (secondary N) is 1. The van der Waals surface area contributed by atoms with Gasteiger partial charge in [0.1, 0.15) is 0 Å². The number of para-hydroxylation sites is 1. The van der Waals surface area contributed by atoms with Gasteiger partial charge in [-0.1, -0.05) is 37.3 Å². The summed E-state index contributed by atoms with van der Waals surface area (Å²) in [4.78, 5) is 17.8. The van der Waals surface area contributed by atoms with Gasteiger partial charge in [-0.15, -0.1) is 0 Å². The van der Waals surface area contributed by atoms with Crippen molar-refractivity contribution in [3.05, 3.63) is 77.6 Å². The summed E-state index contributed by atoms with van der Waals surface area (Å²) in [6.07, 6.45) is 4.97. The van der Waals surface area contributed by atoms with Gasteiger partial charge in [0.2, 0.25) is 0 Å². The lowest BCUT2D eigenvalue weighted by atomic mass is 10.0. The number of hydrogen-bond acceptors (Lipinski definition) is 3. The van der Waals surface area contributed by atoms with Crippen molar-refractivity contribution in [1.82, 2.24) is 20.1 Å². The molecule has 1 N–H and O–H groups in total. The maximum absolute atomic E-state index is 12.9. The quantitative estimate of drug-likeness (QED) is 0.525. The van der Waals surface area contributed by atoms with Crippen LogP contribution < -0.4 is 5.32 Å². The number of carbonyl (C=O) groups excluding carboxylic acids is 1. The zero-order chi connectivity index (χ0) is 20.7. The molecule has 5 heteroatoms. The Morgan fingerprint density at radius 2 is 1.90 bits per heavy atom. The number of aromatic nitrogens is 3. The molecule has 2 heterocycles. The van der Waals surface area contributed by atoms with E-state index in [-0.39, 0.29) is 5.91 Å². The average molecular weight is 396 g/mol. The predicted octanol–water partition coefficient (Wildman–Crippen LogP) is 4.85. The van der Waals surface area contributed by atoms with Crippen molar-refractivity contribution < 1.29 is 4.79 Å². The Hall–Kier alpha value is -3.47. The Morgan fingerprint density at radius 1 is 1.13 bits per heavy atom. The fraction of sp³-hybridized carbons (Fsp3) is 0.240. The van der Waals surface area contributed by atoms with Gasteiger partial charge >= 0.3 is 0 Å². The molecule has 1 aliphatic rings. The first-order chi connectivity index (χ1) is 14.6. The van der Waals surface area contributed by atoms with Gasteiger partial charge in [0.05, 0.1) is 34.4 Å². The highest BCUT2D eigenvalue weighted by molar-refractivity contribution is 6.07. The molecule has 0 unspecified atom stereocenters. The Balaban J connectivity index is 1.59. The lowest BCUT2D eigenvalue weighted by Crippen LogP contribution is -2.25. The van der Waals surface area contributed by atoms with E-state index in [9.17, 15) is 4.79 Å². The van der Waals surface area contributed by atoms with Crippen molar-refractivity contribution in [3.63, 3.8) is 0 Å². The van der Waals surface area contributed by atoms with E-state index < -0.39 is 0 Å². The monoisotopic (exact) mass is 396 g/mol. The lowest BCUT2D eigenvalue weighted by molar-refractivity contribution is 0.0952. The summed E-state index contributed by atoms with van der Waals surface area (Å²) in [6, 6.07) is 18.5. The summed E-state index contributed by atoms with van der Waals surface area (Å²) >= 11 is 0. The standard InChI is InChI=1S/C25H24N4O/c1-3-17-8-12-19(13-9-17)29-16(2)22(15-26-29)24-14-21(25(30)27-18-10-11-18)20-6-4-5-7-23(20)28-24/h4-9,12-15,18H,3,10-11H2,1-2H3,(H,27,30). The van der Waals surface area contributed by atoms with E-state index in [4.69, 9.17) is 4.98 Å². The SMILES string of the molecule is CCc1ccc(-n2ncc(-c3cc(C(=O)NC4CC4)c4ccccc4n3)c2C)cc1. The van der Waals surface area contributed by atoms with Crippen LogP contribution in [0.2, 0.25) is 0 Å². The number of rotatable bonds is 5. The summed E-state index contributed by atoms with van der Waals surface area (Å²) < 4.78 is 1.93. The number of aryl methyl sites for hydroxylation is 1. The van der Waals surface area contributed by atoms with Crippen molar-refractivity contribution in [3.8, 4) is 16.9 Å². The van der Waals surface area contributed by atoms with Gasteiger partial charge in [-0.2, -0.15) is 5.10 Å². The Kier molecular flexibility index (Phi) is 4.58. The molecule has 30 heavy (non-hydrogen) atoms. The molecule has 0 saturated heterocycles. The molecule has 150 valence electrons. The highest BCUT2D eigenvalue weighted by Crippen LogP contribution is 2.29. The molecule has 1 saturated carbocycles. The van der Waals surface area contributed by atoms with Crippen LogP contribution in [0.5, 0.6) is 0 Å². The van der Waals surface area contributed by atoms with E-state index in [0.29, 0.717) is 11.6 Å². The number of nitrogens with zero attached hydrogens (tertiary/aromatic N) is 3. The second kappa shape index (κ2) is 7.41. The van der Waals surface area contributed by atoms with Gasteiger partial charge in [-0.3, -0.25) is 4.79 Å². The van der Waals surface area contributed by atoms with Crippen LogP contribution in [0, 0.1) is 6.92 Å². The van der Waals surface area contributed by atoms with E-state index in [1.807, 2.05) is 48.1 Å². The highest BCUT2D eigenvalue weighted by Gasteiger charge is 2.25. The fourth-order valence-electron chi connectivity index (χ4n) is 3.79. The van der Waals surface area contributed by atoms with Crippen molar-refractivity contribution in [2.24, 2.45) is 0 Å². The third-order valence-corrected chi connectivity index (χ3v) is 5.75. The van der Waals surface area contributed by atoms with Crippen molar-refractivity contribution in [2.45, 2.75) is 39.2 Å². The molecule has 0 aliphatic heterocycles. The number of fused-ring (bicyclic) bond motifs is 1. The topological polar surface area (TPSA) is 59.8 Å². The van der Waals surface area contributed by atoms with Crippen molar-refractivity contribution >= 4 is 16.8 Å². The third-order valence-electron chi connectivity index (χ3n) is 5.75. The van der Waals surface area contributed by atoms with Crippen LogP contribution in [0.3, 0.4) is 0 Å². The van der Waals surface area contributed by atoms with Crippen LogP contribution in [0.1, 0.15) is 41.4 Å². The normalized spacial score (nSPS) is 13.5. The zero-order valence-electron chi connectivity index (χ0n) is 17.2. The van der Waals surface area contributed by atoms with E-state index in [0.717, 1.165) is 52.8 Å². The zero-order valence-corrected chi connectivity index (χ0v) is 17.2. The molecular formula is C25H24N4O. The molecule has 0 bridgehead atoms. The largest absolute Gasteiger partial charge is 0.349 e. The van der Waals surface area contributed by atoms with Crippen LogP contribution in [-0.2, 0) is 6.42 Å². The van der Waals surface area contributed by atoms with Crippen molar-refractivity contribution in [1.29, 1.82) is 0 Å². The summed E-state index contributed by atoms with van der Waals surface area (Å²) in [5, 5.41) is 8.59. The Bertz CT molecular complexity index is 1240. The number of benzene rings is 2. The molecule has 1 aliphatic carbocycles. The molecule has 0 spiro atoms. The first kappa shape index (κ1) is 18.6. The van der Waals surface area contributed by atoms with Crippen LogP contribution in [0.4, 0.5) is 0 Å². The molecule has 5 rings (SSSR count). The lowest BCUT2D eigenvalue weighted by Gasteiger charge is -2.10. The van der Waals surface area contributed by atoms with E-state index >= 15 is 0 Å². The van der Waals surface area contributed by atoms with Crippen LogP contribution >= 0.6 is 0 Å². The van der Waals surface area contributed by atoms with Gasteiger partial charge in [0.25, 0.3) is 5.91 Å². The molecule has 1 amide bonds. The number of hydrogen-bond donors (Lipinski definition) is 1. The summed E-state index contributed by atoms with van der Waals surface area (Å²) in [5.74, 6) is -0.0300. The first-order valence-corrected chi connectivity index (χ1v) is 10.5. The molecule has 1 fully saturated rings. The summed E-state index contributed by atoms with van der Waals surface area (Å²) in [5.41, 5.74) is 6.49. The first-order valence-electron chi connectivity index (χ1n) is 10.5. The maximum Gasteiger partial charge on any atom is 0.252 e. The smallest absolute Gasteiger partial charge is 0.252 e.